The number of amides is 1. The summed E-state index contributed by atoms with van der Waals surface area (Å²) in [5, 5.41) is 0.250. The number of carbonyl (C=O) groups excluding carboxylic acids is 1. The van der Waals surface area contributed by atoms with Gasteiger partial charge in [0.1, 0.15) is 11.4 Å². The van der Waals surface area contributed by atoms with Gasteiger partial charge in [-0.2, -0.15) is 13.2 Å². The average Bonchev–Trinajstić information content (AvgIpc) is 2.73. The van der Waals surface area contributed by atoms with E-state index < -0.39 is 17.6 Å². The number of halogens is 5. The fraction of sp³-hybridized carbons (Fsp3) is 0.250. The predicted molar refractivity (Wildman–Crippen MR) is 113 cm³/mol. The van der Waals surface area contributed by atoms with Gasteiger partial charge in [-0.15, -0.1) is 0 Å². The van der Waals surface area contributed by atoms with Gasteiger partial charge in [-0.3, -0.25) is 9.59 Å². The second-order valence-electron chi connectivity index (χ2n) is 6.92. The van der Waals surface area contributed by atoms with Crippen LogP contribution in [0.2, 0.25) is 5.02 Å². The van der Waals surface area contributed by atoms with E-state index in [4.69, 9.17) is 16.0 Å². The van der Waals surface area contributed by atoms with Crippen molar-refractivity contribution < 1.29 is 22.4 Å². The molecule has 0 bridgehead atoms. The van der Waals surface area contributed by atoms with Crippen molar-refractivity contribution >= 4 is 50.2 Å². The zero-order valence-electron chi connectivity index (χ0n) is 15.7. The van der Waals surface area contributed by atoms with E-state index in [0.717, 1.165) is 22.8 Å². The first-order valence-electron chi connectivity index (χ1n) is 9.14. The first-order chi connectivity index (χ1) is 14.6. The normalized spacial score (nSPS) is 14.9. The van der Waals surface area contributed by atoms with Crippen molar-refractivity contribution in [3.63, 3.8) is 0 Å². The molecule has 4 rings (SSSR count). The number of fused-ring (bicyclic) bond motifs is 1. The molecule has 31 heavy (non-hydrogen) atoms. The Bertz CT molecular complexity index is 1220. The summed E-state index contributed by atoms with van der Waals surface area (Å²) in [6.07, 6.45) is -3.79. The highest BCUT2D eigenvalue weighted by Gasteiger charge is 2.32. The summed E-state index contributed by atoms with van der Waals surface area (Å²) in [6.45, 7) is 1.16. The number of rotatable bonds is 2. The Kier molecular flexibility index (Phi) is 5.69. The summed E-state index contributed by atoms with van der Waals surface area (Å²) in [5.74, 6) is -0.281. The quantitative estimate of drug-likeness (QED) is 0.499. The number of anilines is 1. The van der Waals surface area contributed by atoms with E-state index in [2.05, 4.69) is 20.9 Å². The molecular weight excluding hydrogens is 503 g/mol. The zero-order valence-corrected chi connectivity index (χ0v) is 18.1. The van der Waals surface area contributed by atoms with Crippen molar-refractivity contribution in [3.05, 3.63) is 67.6 Å². The van der Waals surface area contributed by atoms with Crippen LogP contribution in [0.4, 0.5) is 19.0 Å². The zero-order chi connectivity index (χ0) is 22.3. The van der Waals surface area contributed by atoms with Crippen LogP contribution in [0.25, 0.3) is 11.0 Å². The van der Waals surface area contributed by atoms with Gasteiger partial charge in [0.2, 0.25) is 0 Å². The van der Waals surface area contributed by atoms with Crippen LogP contribution < -0.4 is 10.3 Å². The van der Waals surface area contributed by atoms with E-state index >= 15 is 0 Å². The number of carbonyl (C=O) groups is 1. The van der Waals surface area contributed by atoms with E-state index in [0.29, 0.717) is 24.1 Å². The summed E-state index contributed by atoms with van der Waals surface area (Å²) in [5.41, 5.74) is -0.947. The molecule has 1 aliphatic heterocycles. The molecule has 0 unspecified atom stereocenters. The summed E-state index contributed by atoms with van der Waals surface area (Å²) >= 11 is 9.30. The highest BCUT2D eigenvalue weighted by molar-refractivity contribution is 9.10. The fourth-order valence-corrected chi connectivity index (χ4v) is 3.98. The van der Waals surface area contributed by atoms with Crippen molar-refractivity contribution in [2.24, 2.45) is 0 Å². The number of aromatic nitrogens is 1. The van der Waals surface area contributed by atoms with Crippen molar-refractivity contribution in [1.29, 1.82) is 0 Å². The molecule has 0 spiro atoms. The molecule has 3 heterocycles. The van der Waals surface area contributed by atoms with Crippen LogP contribution in [0.3, 0.4) is 0 Å². The SMILES string of the molecule is O=C(c1cc(=O)c2cc(Br)ccc2o1)N1CCN(c2ncc(C(F)(F)F)cc2Cl)CC1. The molecule has 162 valence electrons. The van der Waals surface area contributed by atoms with Crippen LogP contribution in [0.15, 0.2) is 50.2 Å². The van der Waals surface area contributed by atoms with Gasteiger partial charge in [-0.1, -0.05) is 27.5 Å². The van der Waals surface area contributed by atoms with Crippen molar-refractivity contribution in [2.45, 2.75) is 6.18 Å². The largest absolute Gasteiger partial charge is 0.451 e. The molecular formula is C20H14BrClF3N3O3. The number of hydrogen-bond acceptors (Lipinski definition) is 5. The minimum atomic E-state index is -4.53. The number of alkyl halides is 3. The Labute approximate surface area is 187 Å². The molecule has 0 saturated carbocycles. The Morgan fingerprint density at radius 3 is 2.48 bits per heavy atom. The van der Waals surface area contributed by atoms with Crippen LogP contribution in [0, 0.1) is 0 Å². The third-order valence-corrected chi connectivity index (χ3v) is 5.69. The first-order valence-corrected chi connectivity index (χ1v) is 10.3. The average molecular weight is 517 g/mol. The lowest BCUT2D eigenvalue weighted by Crippen LogP contribution is -2.49. The molecule has 1 saturated heterocycles. The van der Waals surface area contributed by atoms with Gasteiger partial charge >= 0.3 is 6.18 Å². The van der Waals surface area contributed by atoms with E-state index in [1.165, 1.54) is 4.90 Å². The lowest BCUT2D eigenvalue weighted by molar-refractivity contribution is -0.137. The summed E-state index contributed by atoms with van der Waals surface area (Å²) in [4.78, 5) is 32.3. The molecule has 0 radical (unpaired) electrons. The maximum absolute atomic E-state index is 12.8. The fourth-order valence-electron chi connectivity index (χ4n) is 3.33. The highest BCUT2D eigenvalue weighted by atomic mass is 79.9. The van der Waals surface area contributed by atoms with Crippen molar-refractivity contribution in [1.82, 2.24) is 9.88 Å². The molecule has 1 amide bonds. The molecule has 0 N–H and O–H groups in total. The Hall–Kier alpha value is -2.59. The van der Waals surface area contributed by atoms with Crippen molar-refractivity contribution in [3.8, 4) is 0 Å². The van der Waals surface area contributed by atoms with E-state index in [9.17, 15) is 22.8 Å². The summed E-state index contributed by atoms with van der Waals surface area (Å²) < 4.78 is 44.7. The minimum absolute atomic E-state index is 0.0704. The molecule has 1 aromatic carbocycles. The summed E-state index contributed by atoms with van der Waals surface area (Å²) in [7, 11) is 0. The molecule has 6 nitrogen and oxygen atoms in total. The van der Waals surface area contributed by atoms with Gasteiger partial charge in [0.05, 0.1) is 16.0 Å². The first kappa shape index (κ1) is 21.6. The topological polar surface area (TPSA) is 66.7 Å². The molecule has 1 aliphatic rings. The minimum Gasteiger partial charge on any atom is -0.451 e. The lowest BCUT2D eigenvalue weighted by Gasteiger charge is -2.35. The molecule has 1 fully saturated rings. The van der Waals surface area contributed by atoms with Crippen LogP contribution in [-0.2, 0) is 6.18 Å². The third kappa shape index (κ3) is 4.40. The third-order valence-electron chi connectivity index (χ3n) is 4.92. The second-order valence-corrected chi connectivity index (χ2v) is 8.24. The Balaban J connectivity index is 1.49. The van der Waals surface area contributed by atoms with Crippen LogP contribution in [-0.4, -0.2) is 42.0 Å². The number of pyridine rings is 1. The second kappa shape index (κ2) is 8.16. The molecule has 0 atom stereocenters. The van der Waals surface area contributed by atoms with Crippen LogP contribution >= 0.6 is 27.5 Å². The molecule has 2 aromatic heterocycles. The molecule has 0 aliphatic carbocycles. The van der Waals surface area contributed by atoms with Gasteiger partial charge in [0.25, 0.3) is 5.91 Å². The smallest absolute Gasteiger partial charge is 0.417 e. The van der Waals surface area contributed by atoms with E-state index in [1.807, 2.05) is 0 Å². The number of nitrogens with zero attached hydrogens (tertiary/aromatic N) is 3. The van der Waals surface area contributed by atoms with Crippen molar-refractivity contribution in [2.75, 3.05) is 31.1 Å². The monoisotopic (exact) mass is 515 g/mol. The Morgan fingerprint density at radius 1 is 1.13 bits per heavy atom. The maximum atomic E-state index is 12.8. The highest BCUT2D eigenvalue weighted by Crippen LogP contribution is 2.33. The van der Waals surface area contributed by atoms with E-state index in [-0.39, 0.29) is 35.1 Å². The van der Waals surface area contributed by atoms with Gasteiger partial charge in [0.15, 0.2) is 11.2 Å². The van der Waals surface area contributed by atoms with Gasteiger partial charge in [-0.25, -0.2) is 4.98 Å². The summed E-state index contributed by atoms with van der Waals surface area (Å²) in [6, 6.07) is 6.93. The lowest BCUT2D eigenvalue weighted by atomic mass is 10.2. The van der Waals surface area contributed by atoms with Gasteiger partial charge in [-0.05, 0) is 24.3 Å². The van der Waals surface area contributed by atoms with Crippen LogP contribution in [0.1, 0.15) is 16.1 Å². The van der Waals surface area contributed by atoms with E-state index in [1.54, 1.807) is 23.1 Å². The Morgan fingerprint density at radius 2 is 1.84 bits per heavy atom. The number of piperazine rings is 1. The number of hydrogen-bond donors (Lipinski definition) is 0. The standard InChI is InChI=1S/C20H14BrClF3N3O3/c21-12-1-2-16-13(8-12)15(29)9-17(31-16)19(30)28-5-3-27(4-6-28)18-14(22)7-11(10-26-18)20(23,24)25/h1-2,7-10H,3-6H2. The molecule has 11 heteroatoms. The number of benzene rings is 1. The van der Waals surface area contributed by atoms with Gasteiger partial charge < -0.3 is 14.2 Å². The maximum Gasteiger partial charge on any atom is 0.417 e. The van der Waals surface area contributed by atoms with Gasteiger partial charge in [0, 0.05) is 42.9 Å². The van der Waals surface area contributed by atoms with Crippen LogP contribution in [0.5, 0.6) is 0 Å². The predicted octanol–water partition coefficient (Wildman–Crippen LogP) is 4.59. The molecule has 3 aromatic rings.